The van der Waals surface area contributed by atoms with Crippen molar-refractivity contribution in [3.8, 4) is 16.2 Å². The van der Waals surface area contributed by atoms with Gasteiger partial charge in [-0.05, 0) is 29.8 Å². The standard InChI is InChI=1S/C19H22ClN3O8S/c1-22-17(28)16-9(23-19(21)29)5-12(32-16)7-2-3-10(8(20)4-7)30-18-15(27)14(26)13(25)11(6-24)31-18/h2-5,11,13-15,18,24-27H,6H2,1H3,(H,22,28)(H3,21,23,29). The Kier molecular flexibility index (Phi) is 7.56. The molecule has 1 aliphatic heterocycles. The molecule has 174 valence electrons. The van der Waals surface area contributed by atoms with E-state index in [1.165, 1.54) is 19.2 Å². The van der Waals surface area contributed by atoms with Gasteiger partial charge in [-0.1, -0.05) is 11.6 Å². The van der Waals surface area contributed by atoms with Crippen molar-refractivity contribution in [2.45, 2.75) is 30.7 Å². The van der Waals surface area contributed by atoms with Crippen LogP contribution in [0.3, 0.4) is 0 Å². The van der Waals surface area contributed by atoms with Crippen molar-refractivity contribution in [3.05, 3.63) is 34.2 Å². The van der Waals surface area contributed by atoms with Crippen molar-refractivity contribution < 1.29 is 39.5 Å². The Bertz CT molecular complexity index is 1000. The maximum atomic E-state index is 12.1. The first-order valence-electron chi connectivity index (χ1n) is 9.35. The van der Waals surface area contributed by atoms with Crippen LogP contribution in [-0.4, -0.2) is 76.7 Å². The molecule has 1 fully saturated rings. The minimum absolute atomic E-state index is 0.110. The van der Waals surface area contributed by atoms with Crippen LogP contribution in [0.4, 0.5) is 10.5 Å². The molecule has 11 nitrogen and oxygen atoms in total. The van der Waals surface area contributed by atoms with Gasteiger partial charge in [-0.15, -0.1) is 11.3 Å². The second kappa shape index (κ2) is 10.0. The lowest BCUT2D eigenvalue weighted by molar-refractivity contribution is -0.277. The number of primary amides is 1. The summed E-state index contributed by atoms with van der Waals surface area (Å²) in [6.07, 6.45) is -7.19. The van der Waals surface area contributed by atoms with Crippen molar-refractivity contribution in [3.63, 3.8) is 0 Å². The molecule has 2 aromatic rings. The van der Waals surface area contributed by atoms with E-state index in [9.17, 15) is 30.0 Å². The highest BCUT2D eigenvalue weighted by molar-refractivity contribution is 7.18. The molecule has 3 rings (SSSR count). The van der Waals surface area contributed by atoms with Crippen LogP contribution in [0.2, 0.25) is 5.02 Å². The molecule has 0 saturated carbocycles. The van der Waals surface area contributed by atoms with Crippen molar-refractivity contribution in [2.24, 2.45) is 5.73 Å². The average molecular weight is 488 g/mol. The summed E-state index contributed by atoms with van der Waals surface area (Å²) in [5, 5.41) is 44.2. The fourth-order valence-corrected chi connectivity index (χ4v) is 4.36. The normalized spacial score (nSPS) is 25.2. The van der Waals surface area contributed by atoms with E-state index in [0.717, 1.165) is 11.3 Å². The molecule has 0 aliphatic carbocycles. The van der Waals surface area contributed by atoms with Gasteiger partial charge < -0.3 is 46.3 Å². The Morgan fingerprint density at radius 3 is 2.53 bits per heavy atom. The van der Waals surface area contributed by atoms with Crippen LogP contribution in [0.15, 0.2) is 24.3 Å². The monoisotopic (exact) mass is 487 g/mol. The van der Waals surface area contributed by atoms with Crippen LogP contribution in [0.5, 0.6) is 5.75 Å². The predicted molar refractivity (Wildman–Crippen MR) is 116 cm³/mol. The quantitative estimate of drug-likeness (QED) is 0.299. The van der Waals surface area contributed by atoms with Gasteiger partial charge in [-0.25, -0.2) is 4.79 Å². The fourth-order valence-electron chi connectivity index (χ4n) is 3.08. The molecule has 32 heavy (non-hydrogen) atoms. The second-order valence-electron chi connectivity index (χ2n) is 6.88. The molecule has 5 atom stereocenters. The molecule has 5 unspecified atom stereocenters. The highest BCUT2D eigenvalue weighted by Crippen LogP contribution is 2.38. The summed E-state index contributed by atoms with van der Waals surface area (Å²) in [7, 11) is 1.46. The van der Waals surface area contributed by atoms with Crippen molar-refractivity contribution in [1.29, 1.82) is 0 Å². The number of halogens is 1. The van der Waals surface area contributed by atoms with E-state index in [4.69, 9.17) is 26.8 Å². The molecular formula is C19H22ClN3O8S. The molecule has 0 radical (unpaired) electrons. The van der Waals surface area contributed by atoms with E-state index < -0.39 is 49.3 Å². The third-order valence-corrected chi connectivity index (χ3v) is 6.21. The zero-order valence-electron chi connectivity index (χ0n) is 16.7. The zero-order chi connectivity index (χ0) is 23.6. The van der Waals surface area contributed by atoms with Crippen LogP contribution in [0.1, 0.15) is 9.67 Å². The molecule has 1 aliphatic rings. The van der Waals surface area contributed by atoms with E-state index in [2.05, 4.69) is 10.6 Å². The van der Waals surface area contributed by atoms with Gasteiger partial charge >= 0.3 is 6.03 Å². The number of carbonyl (C=O) groups excluding carboxylic acids is 2. The summed E-state index contributed by atoms with van der Waals surface area (Å²) in [4.78, 5) is 24.2. The highest BCUT2D eigenvalue weighted by Gasteiger charge is 2.44. The van der Waals surface area contributed by atoms with Crippen LogP contribution in [-0.2, 0) is 4.74 Å². The lowest BCUT2D eigenvalue weighted by atomic mass is 9.99. The Labute approximate surface area is 191 Å². The number of urea groups is 1. The fraction of sp³-hybridized carbons (Fsp3) is 0.368. The number of nitrogens with two attached hydrogens (primary N) is 1. The largest absolute Gasteiger partial charge is 0.460 e. The highest BCUT2D eigenvalue weighted by atomic mass is 35.5. The molecule has 2 heterocycles. The Morgan fingerprint density at radius 1 is 1.22 bits per heavy atom. The molecule has 1 aromatic carbocycles. The number of hydrogen-bond acceptors (Lipinski definition) is 9. The van der Waals surface area contributed by atoms with Gasteiger partial charge in [0.1, 0.15) is 35.0 Å². The van der Waals surface area contributed by atoms with Crippen LogP contribution in [0, 0.1) is 0 Å². The Morgan fingerprint density at radius 2 is 1.94 bits per heavy atom. The predicted octanol–water partition coefficient (Wildman–Crippen LogP) is 0.0974. The van der Waals surface area contributed by atoms with Gasteiger partial charge in [-0.3, -0.25) is 4.79 Å². The number of aliphatic hydroxyl groups is 4. The molecule has 1 aromatic heterocycles. The summed E-state index contributed by atoms with van der Waals surface area (Å²) in [6.45, 7) is -0.592. The number of aliphatic hydroxyl groups excluding tert-OH is 4. The van der Waals surface area contributed by atoms with E-state index in [1.807, 2.05) is 0 Å². The summed E-state index contributed by atoms with van der Waals surface area (Å²) >= 11 is 7.42. The Balaban J connectivity index is 1.85. The minimum Gasteiger partial charge on any atom is -0.460 e. The molecule has 1 saturated heterocycles. The number of amides is 3. The second-order valence-corrected chi connectivity index (χ2v) is 8.34. The van der Waals surface area contributed by atoms with E-state index >= 15 is 0 Å². The third kappa shape index (κ3) is 4.96. The lowest BCUT2D eigenvalue weighted by Crippen LogP contribution is -2.60. The molecule has 0 spiro atoms. The summed E-state index contributed by atoms with van der Waals surface area (Å²) in [6, 6.07) is 5.40. The number of rotatable bonds is 6. The van der Waals surface area contributed by atoms with Gasteiger partial charge in [-0.2, -0.15) is 0 Å². The SMILES string of the molecule is CNC(=O)c1sc(-c2ccc(OC3OC(CO)C(O)C(O)C3O)c(Cl)c2)cc1NC(N)=O. The van der Waals surface area contributed by atoms with E-state index in [-0.39, 0.29) is 21.3 Å². The molecule has 13 heteroatoms. The molecule has 8 N–H and O–H groups in total. The van der Waals surface area contributed by atoms with Crippen LogP contribution in [0.25, 0.3) is 10.4 Å². The third-order valence-electron chi connectivity index (χ3n) is 4.73. The number of thiophene rings is 1. The Hall–Kier alpha value is -2.45. The van der Waals surface area contributed by atoms with Crippen LogP contribution < -0.4 is 21.1 Å². The van der Waals surface area contributed by atoms with Crippen molar-refractivity contribution in [1.82, 2.24) is 5.32 Å². The first-order chi connectivity index (χ1) is 15.2. The van der Waals surface area contributed by atoms with Gasteiger partial charge in [0.15, 0.2) is 0 Å². The summed E-state index contributed by atoms with van der Waals surface area (Å²) in [5.74, 6) is -0.294. The minimum atomic E-state index is -1.59. The molecule has 3 amide bonds. The number of carbonyl (C=O) groups is 2. The van der Waals surface area contributed by atoms with E-state index in [1.54, 1.807) is 12.1 Å². The van der Waals surface area contributed by atoms with Gasteiger partial charge in [0.05, 0.1) is 17.3 Å². The number of ether oxygens (including phenoxy) is 2. The first kappa shape index (κ1) is 24.2. The number of anilines is 1. The number of hydrogen-bond donors (Lipinski definition) is 7. The number of nitrogens with one attached hydrogen (secondary N) is 2. The lowest BCUT2D eigenvalue weighted by Gasteiger charge is -2.39. The molecular weight excluding hydrogens is 466 g/mol. The smallest absolute Gasteiger partial charge is 0.316 e. The zero-order valence-corrected chi connectivity index (χ0v) is 18.3. The topological polar surface area (TPSA) is 184 Å². The first-order valence-corrected chi connectivity index (χ1v) is 10.5. The maximum Gasteiger partial charge on any atom is 0.316 e. The van der Waals surface area contributed by atoms with E-state index in [0.29, 0.717) is 10.4 Å². The van der Waals surface area contributed by atoms with Crippen LogP contribution >= 0.6 is 22.9 Å². The summed E-state index contributed by atoms with van der Waals surface area (Å²) in [5.41, 5.74) is 6.01. The molecule has 0 bridgehead atoms. The van der Waals surface area contributed by atoms with Crippen molar-refractivity contribution in [2.75, 3.05) is 19.0 Å². The average Bonchev–Trinajstić information content (AvgIpc) is 3.17. The number of benzene rings is 1. The van der Waals surface area contributed by atoms with Gasteiger partial charge in [0.25, 0.3) is 5.91 Å². The van der Waals surface area contributed by atoms with Crippen molar-refractivity contribution >= 4 is 40.6 Å². The summed E-state index contributed by atoms with van der Waals surface area (Å²) < 4.78 is 10.9. The maximum absolute atomic E-state index is 12.1. The van der Waals surface area contributed by atoms with Gasteiger partial charge in [0.2, 0.25) is 6.29 Å². The van der Waals surface area contributed by atoms with Gasteiger partial charge in [0, 0.05) is 11.9 Å².